The van der Waals surface area contributed by atoms with Crippen molar-refractivity contribution in [1.29, 1.82) is 0 Å². The van der Waals surface area contributed by atoms with Gasteiger partial charge in [0.05, 0.1) is 0 Å². The van der Waals surface area contributed by atoms with Gasteiger partial charge in [0, 0.05) is 24.5 Å². The third-order valence-corrected chi connectivity index (χ3v) is 3.48. The molecule has 0 saturated heterocycles. The van der Waals surface area contributed by atoms with Crippen LogP contribution in [0.15, 0.2) is 35.2 Å². The molecule has 1 N–H and O–H groups in total. The first-order valence-electron chi connectivity index (χ1n) is 5.70. The number of nitrogens with zero attached hydrogens (tertiary/aromatic N) is 1. The zero-order valence-corrected chi connectivity index (χ0v) is 10.6. The highest BCUT2D eigenvalue weighted by Crippen LogP contribution is 2.16. The number of aromatic nitrogens is 1. The van der Waals surface area contributed by atoms with Gasteiger partial charge >= 0.3 is 0 Å². The molecule has 0 aliphatic heterocycles. The Kier molecular flexibility index (Phi) is 3.80. The van der Waals surface area contributed by atoms with Gasteiger partial charge < -0.3 is 9.88 Å². The van der Waals surface area contributed by atoms with Crippen LogP contribution >= 0.6 is 11.3 Å². The van der Waals surface area contributed by atoms with Gasteiger partial charge in [0.2, 0.25) is 0 Å². The number of nitrogens with one attached hydrogen (secondary N) is 1. The Morgan fingerprint density at radius 3 is 3.00 bits per heavy atom. The van der Waals surface area contributed by atoms with Crippen LogP contribution in [0.4, 0.5) is 0 Å². The summed E-state index contributed by atoms with van der Waals surface area (Å²) < 4.78 is 2.31. The van der Waals surface area contributed by atoms with Crippen molar-refractivity contribution in [1.82, 2.24) is 9.88 Å². The van der Waals surface area contributed by atoms with E-state index >= 15 is 0 Å². The maximum Gasteiger partial charge on any atom is 0.0481 e. The fraction of sp³-hybridized carbons (Fsp3) is 0.385. The van der Waals surface area contributed by atoms with Crippen LogP contribution in [0.25, 0.3) is 0 Å². The zero-order chi connectivity index (χ0) is 11.4. The van der Waals surface area contributed by atoms with Crippen molar-refractivity contribution in [3.8, 4) is 0 Å². The van der Waals surface area contributed by atoms with Crippen LogP contribution < -0.4 is 5.32 Å². The molecular weight excluding hydrogens is 216 g/mol. The minimum Gasteiger partial charge on any atom is -0.346 e. The van der Waals surface area contributed by atoms with Gasteiger partial charge in [-0.3, -0.25) is 0 Å². The third-order valence-electron chi connectivity index (χ3n) is 2.75. The largest absolute Gasteiger partial charge is 0.346 e. The first-order valence-corrected chi connectivity index (χ1v) is 6.65. The molecule has 0 radical (unpaired) electrons. The van der Waals surface area contributed by atoms with Gasteiger partial charge in [0.15, 0.2) is 0 Å². The molecule has 86 valence electrons. The molecular formula is C13H18N2S. The van der Waals surface area contributed by atoms with E-state index in [2.05, 4.69) is 58.9 Å². The highest BCUT2D eigenvalue weighted by Gasteiger charge is 2.08. The molecule has 0 fully saturated rings. The van der Waals surface area contributed by atoms with Gasteiger partial charge in [-0.1, -0.05) is 6.92 Å². The number of rotatable bonds is 5. The summed E-state index contributed by atoms with van der Waals surface area (Å²) in [7, 11) is 0. The molecule has 1 atom stereocenters. The fourth-order valence-electron chi connectivity index (χ4n) is 1.95. The number of thiophene rings is 1. The Balaban J connectivity index is 2.13. The van der Waals surface area contributed by atoms with Crippen molar-refractivity contribution in [2.75, 3.05) is 6.54 Å². The maximum atomic E-state index is 3.45. The van der Waals surface area contributed by atoms with Crippen molar-refractivity contribution in [2.24, 2.45) is 0 Å². The van der Waals surface area contributed by atoms with Gasteiger partial charge in [0.1, 0.15) is 0 Å². The average Bonchev–Trinajstić information content (AvgIpc) is 2.90. The molecule has 0 spiro atoms. The first kappa shape index (κ1) is 11.4. The summed E-state index contributed by atoms with van der Waals surface area (Å²) in [6.07, 6.45) is 2.15. The lowest BCUT2D eigenvalue weighted by molar-refractivity contribution is 0.554. The van der Waals surface area contributed by atoms with E-state index in [1.165, 1.54) is 11.3 Å². The Bertz CT molecular complexity index is 417. The Morgan fingerprint density at radius 1 is 1.44 bits per heavy atom. The molecule has 2 heterocycles. The SMILES string of the molecule is CCNC(C)c1cccn1Cc1ccsc1. The first-order chi connectivity index (χ1) is 7.81. The zero-order valence-electron chi connectivity index (χ0n) is 9.81. The minimum atomic E-state index is 0.415. The molecule has 2 rings (SSSR count). The second-order valence-electron chi connectivity index (χ2n) is 3.97. The van der Waals surface area contributed by atoms with Crippen molar-refractivity contribution in [3.05, 3.63) is 46.4 Å². The van der Waals surface area contributed by atoms with Crippen molar-refractivity contribution in [3.63, 3.8) is 0 Å². The summed E-state index contributed by atoms with van der Waals surface area (Å²) in [6, 6.07) is 6.92. The van der Waals surface area contributed by atoms with E-state index in [9.17, 15) is 0 Å². The van der Waals surface area contributed by atoms with E-state index < -0.39 is 0 Å². The molecule has 2 aromatic heterocycles. The van der Waals surface area contributed by atoms with Crippen molar-refractivity contribution >= 4 is 11.3 Å². The average molecular weight is 234 g/mol. The molecule has 0 aliphatic carbocycles. The lowest BCUT2D eigenvalue weighted by atomic mass is 10.2. The normalized spacial score (nSPS) is 12.9. The van der Waals surface area contributed by atoms with E-state index in [0.29, 0.717) is 6.04 Å². The van der Waals surface area contributed by atoms with Crippen LogP contribution in [0.1, 0.15) is 31.1 Å². The minimum absolute atomic E-state index is 0.415. The Labute approximate surface area is 101 Å². The predicted molar refractivity (Wildman–Crippen MR) is 69.9 cm³/mol. The van der Waals surface area contributed by atoms with Crippen LogP contribution in [-0.2, 0) is 6.54 Å². The van der Waals surface area contributed by atoms with Crippen LogP contribution in [0.5, 0.6) is 0 Å². The maximum absolute atomic E-state index is 3.45. The van der Waals surface area contributed by atoms with Crippen LogP contribution in [0.3, 0.4) is 0 Å². The van der Waals surface area contributed by atoms with Crippen LogP contribution in [0.2, 0.25) is 0 Å². The van der Waals surface area contributed by atoms with E-state index in [1.807, 2.05) is 0 Å². The molecule has 0 amide bonds. The smallest absolute Gasteiger partial charge is 0.0481 e. The summed E-state index contributed by atoms with van der Waals surface area (Å²) in [6.45, 7) is 6.33. The number of hydrogen-bond acceptors (Lipinski definition) is 2. The summed E-state index contributed by atoms with van der Waals surface area (Å²) in [5, 5.41) is 7.79. The summed E-state index contributed by atoms with van der Waals surface area (Å²) >= 11 is 1.76. The Hall–Kier alpha value is -1.06. The molecule has 2 nitrogen and oxygen atoms in total. The van der Waals surface area contributed by atoms with Gasteiger partial charge in [0.25, 0.3) is 0 Å². The summed E-state index contributed by atoms with van der Waals surface area (Å²) in [5.74, 6) is 0. The lowest BCUT2D eigenvalue weighted by Crippen LogP contribution is -2.20. The van der Waals surface area contributed by atoms with Gasteiger partial charge in [-0.05, 0) is 48.0 Å². The van der Waals surface area contributed by atoms with Crippen LogP contribution in [0, 0.1) is 0 Å². The standard InChI is InChI=1S/C13H18N2S/c1-3-14-11(2)13-5-4-7-15(13)9-12-6-8-16-10-12/h4-8,10-11,14H,3,9H2,1-2H3. The summed E-state index contributed by atoms with van der Waals surface area (Å²) in [5.41, 5.74) is 2.74. The van der Waals surface area contributed by atoms with E-state index in [-0.39, 0.29) is 0 Å². The van der Waals surface area contributed by atoms with Gasteiger partial charge in [-0.2, -0.15) is 11.3 Å². The quantitative estimate of drug-likeness (QED) is 0.840. The van der Waals surface area contributed by atoms with Gasteiger partial charge in [-0.15, -0.1) is 0 Å². The van der Waals surface area contributed by atoms with Crippen LogP contribution in [-0.4, -0.2) is 11.1 Å². The highest BCUT2D eigenvalue weighted by molar-refractivity contribution is 7.07. The third kappa shape index (κ3) is 2.54. The van der Waals surface area contributed by atoms with E-state index in [1.54, 1.807) is 11.3 Å². The molecule has 1 unspecified atom stereocenters. The second-order valence-corrected chi connectivity index (χ2v) is 4.75. The van der Waals surface area contributed by atoms with Crippen molar-refractivity contribution in [2.45, 2.75) is 26.4 Å². The topological polar surface area (TPSA) is 17.0 Å². The van der Waals surface area contributed by atoms with Gasteiger partial charge in [-0.25, -0.2) is 0 Å². The molecule has 0 bridgehead atoms. The number of hydrogen-bond donors (Lipinski definition) is 1. The monoisotopic (exact) mass is 234 g/mol. The highest BCUT2D eigenvalue weighted by atomic mass is 32.1. The molecule has 16 heavy (non-hydrogen) atoms. The second kappa shape index (κ2) is 5.32. The van der Waals surface area contributed by atoms with E-state index in [0.717, 1.165) is 13.1 Å². The van der Waals surface area contributed by atoms with Crippen molar-refractivity contribution < 1.29 is 0 Å². The summed E-state index contributed by atoms with van der Waals surface area (Å²) in [4.78, 5) is 0. The molecule has 2 aromatic rings. The lowest BCUT2D eigenvalue weighted by Gasteiger charge is -2.15. The molecule has 0 aliphatic rings. The molecule has 0 saturated carbocycles. The molecule has 0 aromatic carbocycles. The fourth-order valence-corrected chi connectivity index (χ4v) is 2.61. The van der Waals surface area contributed by atoms with E-state index in [4.69, 9.17) is 0 Å². The molecule has 3 heteroatoms. The predicted octanol–water partition coefficient (Wildman–Crippen LogP) is 3.27. The Morgan fingerprint density at radius 2 is 2.31 bits per heavy atom.